The number of thioether (sulfide) groups is 1. The molecule has 16 heavy (non-hydrogen) atoms. The van der Waals surface area contributed by atoms with E-state index in [1.165, 1.54) is 0 Å². The van der Waals surface area contributed by atoms with Gasteiger partial charge in [-0.15, -0.1) is 0 Å². The number of nitrogens with zero attached hydrogens (tertiary/aromatic N) is 1. The Balaban J connectivity index is 2.78. The zero-order valence-electron chi connectivity index (χ0n) is 9.87. The Kier molecular flexibility index (Phi) is 5.63. The van der Waals surface area contributed by atoms with E-state index in [4.69, 9.17) is 5.73 Å². The molecule has 0 saturated heterocycles. The highest BCUT2D eigenvalue weighted by atomic mass is 32.2. The Morgan fingerprint density at radius 3 is 2.75 bits per heavy atom. The van der Waals surface area contributed by atoms with Gasteiger partial charge >= 0.3 is 0 Å². The van der Waals surface area contributed by atoms with E-state index in [-0.39, 0.29) is 5.82 Å². The van der Waals surface area contributed by atoms with Gasteiger partial charge in [-0.2, -0.15) is 11.8 Å². The molecular weight excluding hydrogens is 223 g/mol. The summed E-state index contributed by atoms with van der Waals surface area (Å²) in [6.07, 6.45) is 2.79. The zero-order valence-corrected chi connectivity index (χ0v) is 10.7. The van der Waals surface area contributed by atoms with Crippen molar-refractivity contribution >= 4 is 17.4 Å². The van der Waals surface area contributed by atoms with Crippen molar-refractivity contribution in [2.75, 3.05) is 37.0 Å². The summed E-state index contributed by atoms with van der Waals surface area (Å²) in [4.78, 5) is 2.07. The number of nitrogens with two attached hydrogens (primary N) is 1. The second-order valence-corrected chi connectivity index (χ2v) is 4.76. The first kappa shape index (κ1) is 13.3. The number of hydrogen-bond acceptors (Lipinski definition) is 3. The van der Waals surface area contributed by atoms with Crippen LogP contribution in [0.15, 0.2) is 18.2 Å². The largest absolute Gasteiger partial charge is 0.374 e. The predicted octanol–water partition coefficient (Wildman–Crippen LogP) is 2.13. The summed E-state index contributed by atoms with van der Waals surface area (Å²) in [6, 6.07) is 5.13. The molecule has 2 N–H and O–H groups in total. The number of anilines is 1. The Morgan fingerprint density at radius 1 is 1.38 bits per heavy atom. The van der Waals surface area contributed by atoms with Gasteiger partial charge in [-0.1, -0.05) is 0 Å². The molecule has 1 aromatic rings. The fraction of sp³-hybridized carbons (Fsp3) is 0.500. The van der Waals surface area contributed by atoms with Crippen molar-refractivity contribution in [3.05, 3.63) is 29.6 Å². The number of rotatable bonds is 6. The standard InChI is InChI=1S/C12H19FN2S/c1-15(5-6-16-2)12-8-10(3-4-14)7-11(13)9-12/h7-9H,3-6,14H2,1-2H3. The molecule has 0 aromatic heterocycles. The normalized spacial score (nSPS) is 10.5. The van der Waals surface area contributed by atoms with Crippen molar-refractivity contribution in [3.8, 4) is 0 Å². The summed E-state index contributed by atoms with van der Waals surface area (Å²) in [7, 11) is 1.98. The molecule has 0 spiro atoms. The lowest BCUT2D eigenvalue weighted by Gasteiger charge is -2.19. The molecule has 0 bridgehead atoms. The molecule has 0 radical (unpaired) electrons. The average molecular weight is 242 g/mol. The van der Waals surface area contributed by atoms with Crippen LogP contribution in [0, 0.1) is 5.82 Å². The predicted molar refractivity (Wildman–Crippen MR) is 70.8 cm³/mol. The summed E-state index contributed by atoms with van der Waals surface area (Å²) in [5.74, 6) is 0.858. The first-order chi connectivity index (χ1) is 7.67. The Labute approximate surface area is 101 Å². The van der Waals surface area contributed by atoms with Gasteiger partial charge in [0.1, 0.15) is 5.82 Å². The van der Waals surface area contributed by atoms with E-state index >= 15 is 0 Å². The minimum absolute atomic E-state index is 0.183. The number of halogens is 1. The molecule has 1 aromatic carbocycles. The monoisotopic (exact) mass is 242 g/mol. The van der Waals surface area contributed by atoms with Gasteiger partial charge in [0, 0.05) is 25.0 Å². The first-order valence-corrected chi connectivity index (χ1v) is 6.76. The van der Waals surface area contributed by atoms with Crippen LogP contribution in [0.4, 0.5) is 10.1 Å². The van der Waals surface area contributed by atoms with Crippen LogP contribution < -0.4 is 10.6 Å². The summed E-state index contributed by atoms with van der Waals surface area (Å²) < 4.78 is 13.4. The Morgan fingerprint density at radius 2 is 2.12 bits per heavy atom. The lowest BCUT2D eigenvalue weighted by Crippen LogP contribution is -2.20. The van der Waals surface area contributed by atoms with Gasteiger partial charge in [-0.05, 0) is 43.0 Å². The molecule has 0 fully saturated rings. The van der Waals surface area contributed by atoms with E-state index in [1.54, 1.807) is 23.9 Å². The van der Waals surface area contributed by atoms with Crippen molar-refractivity contribution in [2.45, 2.75) is 6.42 Å². The molecule has 0 saturated carbocycles. The Hall–Kier alpha value is -0.740. The minimum atomic E-state index is -0.183. The molecule has 90 valence electrons. The molecule has 4 heteroatoms. The van der Waals surface area contributed by atoms with Gasteiger partial charge in [0.2, 0.25) is 0 Å². The molecule has 0 aliphatic rings. The second-order valence-electron chi connectivity index (χ2n) is 3.77. The van der Waals surface area contributed by atoms with Crippen LogP contribution in [-0.2, 0) is 6.42 Å². The molecule has 0 amide bonds. The molecule has 2 nitrogen and oxygen atoms in total. The van der Waals surface area contributed by atoms with Crippen molar-refractivity contribution in [3.63, 3.8) is 0 Å². The maximum Gasteiger partial charge on any atom is 0.125 e. The summed E-state index contributed by atoms with van der Waals surface area (Å²) in [5, 5.41) is 0. The quantitative estimate of drug-likeness (QED) is 0.828. The van der Waals surface area contributed by atoms with E-state index in [9.17, 15) is 4.39 Å². The highest BCUT2D eigenvalue weighted by Gasteiger charge is 2.04. The van der Waals surface area contributed by atoms with Crippen LogP contribution in [0.5, 0.6) is 0 Å². The van der Waals surface area contributed by atoms with Crippen LogP contribution in [0.3, 0.4) is 0 Å². The number of benzene rings is 1. The zero-order chi connectivity index (χ0) is 12.0. The SMILES string of the molecule is CSCCN(C)c1cc(F)cc(CCN)c1. The van der Waals surface area contributed by atoms with Gasteiger partial charge in [-0.25, -0.2) is 4.39 Å². The Bertz CT molecular complexity index is 331. The van der Waals surface area contributed by atoms with E-state index in [1.807, 2.05) is 13.1 Å². The average Bonchev–Trinajstić information content (AvgIpc) is 2.25. The fourth-order valence-electron chi connectivity index (χ4n) is 1.52. The molecule has 0 atom stereocenters. The van der Waals surface area contributed by atoms with E-state index < -0.39 is 0 Å². The van der Waals surface area contributed by atoms with E-state index in [0.717, 1.165) is 30.0 Å². The highest BCUT2D eigenvalue weighted by molar-refractivity contribution is 7.98. The third-order valence-electron chi connectivity index (χ3n) is 2.45. The molecule has 1 rings (SSSR count). The van der Waals surface area contributed by atoms with Crippen LogP contribution in [0.1, 0.15) is 5.56 Å². The third-order valence-corrected chi connectivity index (χ3v) is 3.04. The van der Waals surface area contributed by atoms with Gasteiger partial charge in [0.05, 0.1) is 0 Å². The summed E-state index contributed by atoms with van der Waals surface area (Å²) in [5.41, 5.74) is 7.37. The van der Waals surface area contributed by atoms with Crippen molar-refractivity contribution in [1.82, 2.24) is 0 Å². The van der Waals surface area contributed by atoms with Crippen molar-refractivity contribution < 1.29 is 4.39 Å². The summed E-state index contributed by atoms with van der Waals surface area (Å²) in [6.45, 7) is 1.48. The molecular formula is C12H19FN2S. The van der Waals surface area contributed by atoms with Crippen LogP contribution in [0.25, 0.3) is 0 Å². The van der Waals surface area contributed by atoms with Crippen LogP contribution in [0.2, 0.25) is 0 Å². The molecule has 0 aliphatic heterocycles. The molecule has 0 aliphatic carbocycles. The van der Waals surface area contributed by atoms with E-state index in [2.05, 4.69) is 11.2 Å². The van der Waals surface area contributed by atoms with Crippen molar-refractivity contribution in [1.29, 1.82) is 0 Å². The first-order valence-electron chi connectivity index (χ1n) is 5.37. The topological polar surface area (TPSA) is 29.3 Å². The maximum absolute atomic E-state index is 13.4. The molecule has 0 unspecified atom stereocenters. The van der Waals surface area contributed by atoms with Gasteiger partial charge < -0.3 is 10.6 Å². The van der Waals surface area contributed by atoms with Gasteiger partial charge in [0.25, 0.3) is 0 Å². The van der Waals surface area contributed by atoms with Crippen LogP contribution in [-0.4, -0.2) is 32.1 Å². The third kappa shape index (κ3) is 4.02. The maximum atomic E-state index is 13.4. The highest BCUT2D eigenvalue weighted by Crippen LogP contribution is 2.18. The molecule has 0 heterocycles. The lowest BCUT2D eigenvalue weighted by molar-refractivity contribution is 0.625. The fourth-order valence-corrected chi connectivity index (χ4v) is 1.98. The number of hydrogen-bond donors (Lipinski definition) is 1. The summed E-state index contributed by atoms with van der Waals surface area (Å²) >= 11 is 1.79. The van der Waals surface area contributed by atoms with Crippen molar-refractivity contribution in [2.24, 2.45) is 5.73 Å². The van der Waals surface area contributed by atoms with Crippen LogP contribution >= 0.6 is 11.8 Å². The minimum Gasteiger partial charge on any atom is -0.374 e. The van der Waals surface area contributed by atoms with Gasteiger partial charge in [-0.3, -0.25) is 0 Å². The smallest absolute Gasteiger partial charge is 0.125 e. The van der Waals surface area contributed by atoms with Gasteiger partial charge in [0.15, 0.2) is 0 Å². The second kappa shape index (κ2) is 6.76. The lowest BCUT2D eigenvalue weighted by atomic mass is 10.1. The van der Waals surface area contributed by atoms with E-state index in [0.29, 0.717) is 6.54 Å².